The third-order valence-electron chi connectivity index (χ3n) is 4.50. The van der Waals surface area contributed by atoms with Gasteiger partial charge in [0.15, 0.2) is 0 Å². The highest BCUT2D eigenvalue weighted by molar-refractivity contribution is 5.66. The number of aliphatic carboxylic acids is 1. The number of hydrogen-bond donors (Lipinski definition) is 3. The van der Waals surface area contributed by atoms with Gasteiger partial charge in [0, 0.05) is 6.42 Å². The molecule has 30 heavy (non-hydrogen) atoms. The van der Waals surface area contributed by atoms with E-state index in [0.29, 0.717) is 32.8 Å². The van der Waals surface area contributed by atoms with E-state index in [-0.39, 0.29) is 13.2 Å². The van der Waals surface area contributed by atoms with Crippen LogP contribution in [0.4, 0.5) is 0 Å². The maximum atomic E-state index is 10.3. The summed E-state index contributed by atoms with van der Waals surface area (Å²) in [7, 11) is 0. The van der Waals surface area contributed by atoms with Gasteiger partial charge in [0.25, 0.3) is 0 Å². The van der Waals surface area contributed by atoms with Gasteiger partial charge in [-0.1, -0.05) is 70.4 Å². The van der Waals surface area contributed by atoms with Crippen LogP contribution in [0.3, 0.4) is 0 Å². The fourth-order valence-electron chi connectivity index (χ4n) is 2.80. The average Bonchev–Trinajstić information content (AvgIpc) is 2.74. The van der Waals surface area contributed by atoms with Crippen molar-refractivity contribution in [1.82, 2.24) is 0 Å². The summed E-state index contributed by atoms with van der Waals surface area (Å²) in [6, 6.07) is 0. The Hall–Kier alpha value is -0.950. The average molecular weight is 433 g/mol. The molecule has 0 bridgehead atoms. The monoisotopic (exact) mass is 432 g/mol. The zero-order valence-electron chi connectivity index (χ0n) is 19.4. The van der Waals surface area contributed by atoms with Gasteiger partial charge >= 0.3 is 5.97 Å². The molecule has 0 unspecified atom stereocenters. The van der Waals surface area contributed by atoms with Crippen molar-refractivity contribution >= 4 is 5.97 Å². The van der Waals surface area contributed by atoms with Crippen molar-refractivity contribution < 1.29 is 29.6 Å². The van der Waals surface area contributed by atoms with E-state index in [9.17, 15) is 4.79 Å². The Labute approximate surface area is 184 Å². The molecule has 0 spiro atoms. The lowest BCUT2D eigenvalue weighted by Gasteiger charge is -2.01. The minimum absolute atomic E-state index is 0.0417. The van der Waals surface area contributed by atoms with Crippen LogP contribution >= 0.6 is 0 Å². The summed E-state index contributed by atoms with van der Waals surface area (Å²) in [5, 5.41) is 25.0. The molecule has 6 nitrogen and oxygen atoms in total. The largest absolute Gasteiger partial charge is 0.481 e. The molecule has 0 heterocycles. The van der Waals surface area contributed by atoms with E-state index < -0.39 is 5.97 Å². The van der Waals surface area contributed by atoms with Crippen molar-refractivity contribution in [3.05, 3.63) is 12.2 Å². The number of carboxylic acids is 1. The fraction of sp³-hybridized carbons (Fsp3) is 0.875. The van der Waals surface area contributed by atoms with E-state index in [1.54, 1.807) is 0 Å². The number of unbranched alkanes of at least 4 members (excludes halogenated alkanes) is 11. The molecule has 0 aliphatic rings. The Morgan fingerprint density at radius 1 is 0.667 bits per heavy atom. The van der Waals surface area contributed by atoms with Gasteiger partial charge in [-0.05, 0) is 32.1 Å². The first kappa shape index (κ1) is 31.2. The quantitative estimate of drug-likeness (QED) is 0.162. The minimum Gasteiger partial charge on any atom is -0.481 e. The molecular formula is C24H48O6. The van der Waals surface area contributed by atoms with E-state index in [4.69, 9.17) is 24.8 Å². The van der Waals surface area contributed by atoms with E-state index >= 15 is 0 Å². The van der Waals surface area contributed by atoms with Crippen molar-refractivity contribution in [1.29, 1.82) is 0 Å². The molecule has 0 aromatic carbocycles. The summed E-state index contributed by atoms with van der Waals surface area (Å²) in [6.07, 6.45) is 21.2. The van der Waals surface area contributed by atoms with Crippen LogP contribution in [0.25, 0.3) is 0 Å². The Morgan fingerprint density at radius 2 is 1.10 bits per heavy atom. The number of aliphatic hydroxyl groups is 2. The van der Waals surface area contributed by atoms with Gasteiger partial charge in [-0.15, -0.1) is 0 Å². The molecule has 180 valence electrons. The third-order valence-corrected chi connectivity index (χ3v) is 4.50. The molecule has 0 aromatic heterocycles. The molecule has 0 amide bonds. The predicted octanol–water partition coefficient (Wildman–Crippen LogP) is 5.11. The predicted molar refractivity (Wildman–Crippen MR) is 123 cm³/mol. The number of carboxylic acid groups (broad SMARTS) is 1. The zero-order valence-corrected chi connectivity index (χ0v) is 19.4. The van der Waals surface area contributed by atoms with E-state index in [2.05, 4.69) is 19.1 Å². The summed E-state index contributed by atoms with van der Waals surface area (Å²) in [5.41, 5.74) is 0. The lowest BCUT2D eigenvalue weighted by atomic mass is 10.1. The number of aliphatic hydroxyl groups excluding tert-OH is 2. The maximum absolute atomic E-state index is 10.3. The number of ether oxygens (including phenoxy) is 2. The molecule has 0 atom stereocenters. The molecule has 0 aromatic rings. The van der Waals surface area contributed by atoms with Crippen LogP contribution in [0, 0.1) is 0 Å². The molecule has 0 radical (unpaired) electrons. The van der Waals surface area contributed by atoms with Crippen molar-refractivity contribution in [2.24, 2.45) is 0 Å². The second kappa shape index (κ2) is 30.2. The summed E-state index contributed by atoms with van der Waals surface area (Å²) < 4.78 is 9.75. The first-order valence-corrected chi connectivity index (χ1v) is 11.9. The van der Waals surface area contributed by atoms with Gasteiger partial charge in [0.1, 0.15) is 0 Å². The van der Waals surface area contributed by atoms with Crippen LogP contribution in [-0.4, -0.2) is 60.9 Å². The number of allylic oxidation sites excluding steroid dienone is 2. The smallest absolute Gasteiger partial charge is 0.303 e. The van der Waals surface area contributed by atoms with Crippen LogP contribution < -0.4 is 0 Å². The van der Waals surface area contributed by atoms with Gasteiger partial charge in [0.2, 0.25) is 0 Å². The fourth-order valence-corrected chi connectivity index (χ4v) is 2.80. The van der Waals surface area contributed by atoms with Crippen LogP contribution in [-0.2, 0) is 14.3 Å². The molecule has 0 rings (SSSR count). The van der Waals surface area contributed by atoms with E-state index in [1.165, 1.54) is 70.6 Å². The van der Waals surface area contributed by atoms with E-state index in [0.717, 1.165) is 12.8 Å². The van der Waals surface area contributed by atoms with E-state index in [1.807, 2.05) is 0 Å². The number of carbonyl (C=O) groups is 1. The third kappa shape index (κ3) is 34.5. The highest BCUT2D eigenvalue weighted by atomic mass is 16.5. The topological polar surface area (TPSA) is 96.2 Å². The molecule has 0 aliphatic carbocycles. The lowest BCUT2D eigenvalue weighted by Crippen LogP contribution is -2.09. The molecule has 0 saturated carbocycles. The molecular weight excluding hydrogens is 384 g/mol. The normalized spacial score (nSPS) is 10.9. The Morgan fingerprint density at radius 3 is 1.53 bits per heavy atom. The zero-order chi connectivity index (χ0) is 22.5. The van der Waals surface area contributed by atoms with Crippen molar-refractivity contribution in [2.75, 3.05) is 39.6 Å². The number of hydrogen-bond acceptors (Lipinski definition) is 5. The summed E-state index contributed by atoms with van der Waals surface area (Å²) in [4.78, 5) is 10.3. The minimum atomic E-state index is -0.664. The van der Waals surface area contributed by atoms with Gasteiger partial charge in [0.05, 0.1) is 39.6 Å². The Kier molecular flexibility index (Phi) is 31.5. The van der Waals surface area contributed by atoms with Crippen molar-refractivity contribution in [3.8, 4) is 0 Å². The van der Waals surface area contributed by atoms with Crippen molar-refractivity contribution in [3.63, 3.8) is 0 Å². The molecule has 3 N–H and O–H groups in total. The SMILES string of the molecule is CCCCCCCCC=CCCCCCCCC(=O)O.OCCOCCOCCO. The highest BCUT2D eigenvalue weighted by Crippen LogP contribution is 2.09. The molecule has 0 fully saturated rings. The van der Waals surface area contributed by atoms with Gasteiger partial charge in [-0.3, -0.25) is 4.79 Å². The van der Waals surface area contributed by atoms with Crippen molar-refractivity contribution in [2.45, 2.75) is 96.8 Å². The highest BCUT2D eigenvalue weighted by Gasteiger charge is 1.95. The van der Waals surface area contributed by atoms with Gasteiger partial charge in [-0.2, -0.15) is 0 Å². The first-order chi connectivity index (χ1) is 14.7. The van der Waals surface area contributed by atoms with Crippen LogP contribution in [0.2, 0.25) is 0 Å². The Bertz CT molecular complexity index is 339. The summed E-state index contributed by atoms with van der Waals surface area (Å²) in [6.45, 7) is 3.99. The molecule has 6 heteroatoms. The second-order valence-corrected chi connectivity index (χ2v) is 7.40. The van der Waals surface area contributed by atoms with Crippen LogP contribution in [0.15, 0.2) is 12.2 Å². The summed E-state index contributed by atoms with van der Waals surface area (Å²) >= 11 is 0. The summed E-state index contributed by atoms with van der Waals surface area (Å²) in [5.74, 6) is -0.664. The molecule has 0 aliphatic heterocycles. The van der Waals surface area contributed by atoms with Gasteiger partial charge in [-0.25, -0.2) is 0 Å². The first-order valence-electron chi connectivity index (χ1n) is 11.9. The standard InChI is InChI=1S/C18H34O2.C6H14O4/c1-2-3-4-5-6-7-8-9-10-11-12-13-14-15-16-17-18(19)20;7-1-3-9-5-6-10-4-2-8/h9-10H,2-8,11-17H2,1H3,(H,19,20);7-8H,1-6H2. The van der Waals surface area contributed by atoms with Gasteiger partial charge < -0.3 is 24.8 Å². The van der Waals surface area contributed by atoms with Crippen LogP contribution in [0.1, 0.15) is 96.8 Å². The lowest BCUT2D eigenvalue weighted by molar-refractivity contribution is -0.137. The number of rotatable bonds is 22. The maximum Gasteiger partial charge on any atom is 0.303 e. The Balaban J connectivity index is 0. The second-order valence-electron chi connectivity index (χ2n) is 7.40. The van der Waals surface area contributed by atoms with Crippen LogP contribution in [0.5, 0.6) is 0 Å². The molecule has 0 saturated heterocycles.